The highest BCUT2D eigenvalue weighted by Gasteiger charge is 2.28. The molecule has 1 fully saturated rings. The quantitative estimate of drug-likeness (QED) is 0.852. The number of rotatable bonds is 3. The van der Waals surface area contributed by atoms with Crippen molar-refractivity contribution in [2.75, 3.05) is 18.4 Å². The first-order valence-corrected chi connectivity index (χ1v) is 6.91. The van der Waals surface area contributed by atoms with Crippen LogP contribution in [0.25, 0.3) is 0 Å². The van der Waals surface area contributed by atoms with E-state index in [2.05, 4.69) is 10.6 Å². The van der Waals surface area contributed by atoms with E-state index in [1.165, 1.54) is 6.92 Å². The molecule has 21 heavy (non-hydrogen) atoms. The van der Waals surface area contributed by atoms with Crippen LogP contribution in [0.3, 0.4) is 0 Å². The second kappa shape index (κ2) is 6.39. The predicted molar refractivity (Wildman–Crippen MR) is 78.6 cm³/mol. The molecule has 1 aromatic carbocycles. The standard InChI is InChI=1S/C15H19N3O3/c1-10-15(21)16-7-8-18(10)14(20)9-12-3-5-13(6-4-12)17-11(2)19/h3-6,10H,7-9H2,1-2H3,(H,16,21)(H,17,19). The van der Waals surface area contributed by atoms with Crippen LogP contribution in [0.15, 0.2) is 24.3 Å². The van der Waals surface area contributed by atoms with Crippen LogP contribution in [0.4, 0.5) is 5.69 Å². The van der Waals surface area contributed by atoms with Crippen LogP contribution in [-0.2, 0) is 20.8 Å². The fourth-order valence-corrected chi connectivity index (χ4v) is 2.31. The van der Waals surface area contributed by atoms with E-state index < -0.39 is 6.04 Å². The molecule has 2 rings (SSSR count). The van der Waals surface area contributed by atoms with Gasteiger partial charge in [0.05, 0.1) is 6.42 Å². The van der Waals surface area contributed by atoms with E-state index in [0.29, 0.717) is 18.8 Å². The molecule has 6 nitrogen and oxygen atoms in total. The van der Waals surface area contributed by atoms with E-state index in [-0.39, 0.29) is 24.1 Å². The normalized spacial score (nSPS) is 18.1. The molecule has 1 unspecified atom stereocenters. The smallest absolute Gasteiger partial charge is 0.242 e. The molecule has 0 bridgehead atoms. The summed E-state index contributed by atoms with van der Waals surface area (Å²) in [6.07, 6.45) is 0.248. The van der Waals surface area contributed by atoms with Crippen molar-refractivity contribution in [3.63, 3.8) is 0 Å². The van der Waals surface area contributed by atoms with Crippen molar-refractivity contribution in [1.82, 2.24) is 10.2 Å². The number of anilines is 1. The summed E-state index contributed by atoms with van der Waals surface area (Å²) in [7, 11) is 0. The number of carbonyl (C=O) groups excluding carboxylic acids is 3. The lowest BCUT2D eigenvalue weighted by Crippen LogP contribution is -2.56. The average molecular weight is 289 g/mol. The van der Waals surface area contributed by atoms with Gasteiger partial charge in [-0.3, -0.25) is 14.4 Å². The molecule has 1 heterocycles. The Balaban J connectivity index is 1.99. The molecule has 1 aliphatic heterocycles. The number of piperazine rings is 1. The lowest BCUT2D eigenvalue weighted by molar-refractivity contribution is -0.142. The molecule has 0 radical (unpaired) electrons. The van der Waals surface area contributed by atoms with Gasteiger partial charge in [-0.05, 0) is 24.6 Å². The minimum Gasteiger partial charge on any atom is -0.353 e. The van der Waals surface area contributed by atoms with Crippen LogP contribution >= 0.6 is 0 Å². The van der Waals surface area contributed by atoms with Crippen molar-refractivity contribution < 1.29 is 14.4 Å². The molecule has 0 spiro atoms. The Morgan fingerprint density at radius 3 is 2.62 bits per heavy atom. The first kappa shape index (κ1) is 15.0. The van der Waals surface area contributed by atoms with Crippen LogP contribution in [-0.4, -0.2) is 41.8 Å². The fraction of sp³-hybridized carbons (Fsp3) is 0.400. The zero-order valence-electron chi connectivity index (χ0n) is 12.2. The van der Waals surface area contributed by atoms with Gasteiger partial charge in [0.15, 0.2) is 0 Å². The Labute approximate surface area is 123 Å². The Morgan fingerprint density at radius 1 is 1.33 bits per heavy atom. The van der Waals surface area contributed by atoms with Gasteiger partial charge in [0, 0.05) is 25.7 Å². The molecule has 0 saturated carbocycles. The van der Waals surface area contributed by atoms with Crippen molar-refractivity contribution in [2.45, 2.75) is 26.3 Å². The molecule has 6 heteroatoms. The number of hydrogen-bond donors (Lipinski definition) is 2. The van der Waals surface area contributed by atoms with Crippen molar-refractivity contribution >= 4 is 23.4 Å². The molecule has 1 atom stereocenters. The molecule has 1 aliphatic rings. The first-order chi connectivity index (χ1) is 9.97. The average Bonchev–Trinajstić information content (AvgIpc) is 2.43. The van der Waals surface area contributed by atoms with Crippen LogP contribution < -0.4 is 10.6 Å². The van der Waals surface area contributed by atoms with Gasteiger partial charge in [-0.25, -0.2) is 0 Å². The minimum absolute atomic E-state index is 0.0652. The Kier molecular flexibility index (Phi) is 4.57. The molecule has 3 amide bonds. The Hall–Kier alpha value is -2.37. The highest BCUT2D eigenvalue weighted by atomic mass is 16.2. The summed E-state index contributed by atoms with van der Waals surface area (Å²) >= 11 is 0. The van der Waals surface area contributed by atoms with Crippen molar-refractivity contribution in [2.24, 2.45) is 0 Å². The molecule has 0 aromatic heterocycles. The SMILES string of the molecule is CC(=O)Nc1ccc(CC(=O)N2CCNC(=O)C2C)cc1. The number of amides is 3. The van der Waals surface area contributed by atoms with Gasteiger partial charge in [-0.2, -0.15) is 0 Å². The summed E-state index contributed by atoms with van der Waals surface area (Å²) in [5.41, 5.74) is 1.55. The third kappa shape index (κ3) is 3.81. The van der Waals surface area contributed by atoms with E-state index in [9.17, 15) is 14.4 Å². The molecule has 1 aromatic rings. The summed E-state index contributed by atoms with van der Waals surface area (Å²) in [6, 6.07) is 6.70. The van der Waals surface area contributed by atoms with Gasteiger partial charge in [0.1, 0.15) is 6.04 Å². The van der Waals surface area contributed by atoms with Gasteiger partial charge >= 0.3 is 0 Å². The Bertz CT molecular complexity index is 554. The monoisotopic (exact) mass is 289 g/mol. The van der Waals surface area contributed by atoms with Gasteiger partial charge in [-0.1, -0.05) is 12.1 Å². The summed E-state index contributed by atoms with van der Waals surface area (Å²) in [5.74, 6) is -0.313. The second-order valence-corrected chi connectivity index (χ2v) is 5.11. The first-order valence-electron chi connectivity index (χ1n) is 6.91. The molecular weight excluding hydrogens is 270 g/mol. The lowest BCUT2D eigenvalue weighted by atomic mass is 10.1. The van der Waals surface area contributed by atoms with Crippen LogP contribution in [0.2, 0.25) is 0 Å². The molecule has 112 valence electrons. The van der Waals surface area contributed by atoms with E-state index in [4.69, 9.17) is 0 Å². The number of nitrogens with one attached hydrogen (secondary N) is 2. The van der Waals surface area contributed by atoms with Crippen molar-refractivity contribution in [1.29, 1.82) is 0 Å². The summed E-state index contributed by atoms with van der Waals surface area (Å²) in [5, 5.41) is 5.41. The van der Waals surface area contributed by atoms with Crippen LogP contribution in [0.5, 0.6) is 0 Å². The third-order valence-electron chi connectivity index (χ3n) is 3.45. The maximum atomic E-state index is 12.3. The zero-order chi connectivity index (χ0) is 15.4. The predicted octanol–water partition coefficient (Wildman–Crippen LogP) is 0.534. The second-order valence-electron chi connectivity index (χ2n) is 5.11. The maximum Gasteiger partial charge on any atom is 0.242 e. The summed E-state index contributed by atoms with van der Waals surface area (Å²) in [6.45, 7) is 4.21. The highest BCUT2D eigenvalue weighted by Crippen LogP contribution is 2.12. The topological polar surface area (TPSA) is 78.5 Å². The van der Waals surface area contributed by atoms with Crippen molar-refractivity contribution in [3.05, 3.63) is 29.8 Å². The summed E-state index contributed by atoms with van der Waals surface area (Å²) in [4.78, 5) is 36.4. The molecule has 0 aliphatic carbocycles. The largest absolute Gasteiger partial charge is 0.353 e. The minimum atomic E-state index is -0.426. The van der Waals surface area contributed by atoms with Crippen LogP contribution in [0, 0.1) is 0 Å². The van der Waals surface area contributed by atoms with Gasteiger partial charge < -0.3 is 15.5 Å². The zero-order valence-corrected chi connectivity index (χ0v) is 12.2. The Morgan fingerprint density at radius 2 is 2.00 bits per heavy atom. The number of carbonyl (C=O) groups is 3. The molecular formula is C15H19N3O3. The number of hydrogen-bond acceptors (Lipinski definition) is 3. The van der Waals surface area contributed by atoms with Crippen LogP contribution in [0.1, 0.15) is 19.4 Å². The van der Waals surface area contributed by atoms with Gasteiger partial charge in [-0.15, -0.1) is 0 Å². The van der Waals surface area contributed by atoms with Gasteiger partial charge in [0.2, 0.25) is 17.7 Å². The highest BCUT2D eigenvalue weighted by molar-refractivity contribution is 5.90. The number of benzene rings is 1. The number of nitrogens with zero attached hydrogens (tertiary/aromatic N) is 1. The van der Waals surface area contributed by atoms with Crippen molar-refractivity contribution in [3.8, 4) is 0 Å². The molecule has 2 N–H and O–H groups in total. The van der Waals surface area contributed by atoms with E-state index in [1.54, 1.807) is 36.1 Å². The van der Waals surface area contributed by atoms with E-state index in [1.807, 2.05) is 0 Å². The van der Waals surface area contributed by atoms with Gasteiger partial charge in [0.25, 0.3) is 0 Å². The lowest BCUT2D eigenvalue weighted by Gasteiger charge is -2.32. The van der Waals surface area contributed by atoms with E-state index >= 15 is 0 Å². The summed E-state index contributed by atoms with van der Waals surface area (Å²) < 4.78 is 0. The fourth-order valence-electron chi connectivity index (χ4n) is 2.31. The third-order valence-corrected chi connectivity index (χ3v) is 3.45. The molecule has 1 saturated heterocycles. The maximum absolute atomic E-state index is 12.3. The van der Waals surface area contributed by atoms with E-state index in [0.717, 1.165) is 5.56 Å².